The topological polar surface area (TPSA) is 106 Å². The predicted octanol–water partition coefficient (Wildman–Crippen LogP) is 0.440. The zero-order valence-corrected chi connectivity index (χ0v) is 12.5. The molecule has 0 saturated heterocycles. The van der Waals surface area contributed by atoms with Gasteiger partial charge in [0.1, 0.15) is 6.54 Å². The van der Waals surface area contributed by atoms with Crippen LogP contribution in [0.3, 0.4) is 0 Å². The van der Waals surface area contributed by atoms with E-state index in [-0.39, 0.29) is 35.7 Å². The monoisotopic (exact) mass is 308 g/mol. The van der Waals surface area contributed by atoms with Crippen LogP contribution in [0.4, 0.5) is 0 Å². The second-order valence-electron chi connectivity index (χ2n) is 5.99. The highest BCUT2D eigenvalue weighted by Gasteiger charge is 2.59. The van der Waals surface area contributed by atoms with E-state index in [9.17, 15) is 9.59 Å². The van der Waals surface area contributed by atoms with Gasteiger partial charge in [0, 0.05) is 18.1 Å². The Kier molecular flexibility index (Phi) is 3.86. The third kappa shape index (κ3) is 2.47. The predicted molar refractivity (Wildman–Crippen MR) is 75.2 cm³/mol. The number of aromatic nitrogens is 3. The normalized spacial score (nSPS) is 25.3. The fourth-order valence-corrected chi connectivity index (χ4v) is 3.50. The number of aromatic carboxylic acids is 1. The van der Waals surface area contributed by atoms with Crippen LogP contribution in [0.5, 0.6) is 0 Å². The van der Waals surface area contributed by atoms with Gasteiger partial charge in [-0.25, -0.2) is 9.48 Å². The molecule has 0 aliphatic heterocycles. The van der Waals surface area contributed by atoms with E-state index in [0.29, 0.717) is 6.61 Å². The maximum atomic E-state index is 12.1. The first-order valence-electron chi connectivity index (χ1n) is 7.59. The van der Waals surface area contributed by atoms with Crippen molar-refractivity contribution in [3.05, 3.63) is 11.9 Å². The van der Waals surface area contributed by atoms with Gasteiger partial charge in [-0.1, -0.05) is 11.6 Å². The molecule has 2 fully saturated rings. The second-order valence-corrected chi connectivity index (χ2v) is 5.99. The molecule has 0 radical (unpaired) electrons. The average Bonchev–Trinajstić information content (AvgIpc) is 2.84. The van der Waals surface area contributed by atoms with Crippen LogP contribution >= 0.6 is 0 Å². The fourth-order valence-electron chi connectivity index (χ4n) is 3.50. The van der Waals surface area contributed by atoms with Crippen LogP contribution in [0.25, 0.3) is 0 Å². The molecule has 8 nitrogen and oxygen atoms in total. The molecular formula is C14H20N4O4. The Morgan fingerprint density at radius 3 is 2.86 bits per heavy atom. The zero-order valence-electron chi connectivity index (χ0n) is 12.5. The van der Waals surface area contributed by atoms with Crippen LogP contribution in [0.1, 0.15) is 43.1 Å². The van der Waals surface area contributed by atoms with E-state index in [4.69, 9.17) is 9.84 Å². The summed E-state index contributed by atoms with van der Waals surface area (Å²) in [6.45, 7) is 2.67. The van der Waals surface area contributed by atoms with Gasteiger partial charge in [0.2, 0.25) is 5.91 Å². The van der Waals surface area contributed by atoms with Crippen molar-refractivity contribution in [2.75, 3.05) is 6.61 Å². The minimum Gasteiger partial charge on any atom is -0.476 e. The minimum atomic E-state index is -1.15. The van der Waals surface area contributed by atoms with E-state index >= 15 is 0 Å². The van der Waals surface area contributed by atoms with Gasteiger partial charge in [-0.2, -0.15) is 0 Å². The lowest BCUT2D eigenvalue weighted by Gasteiger charge is -2.61. The minimum absolute atomic E-state index is 0.0217. The van der Waals surface area contributed by atoms with E-state index in [1.807, 2.05) is 6.92 Å². The van der Waals surface area contributed by atoms with Crippen molar-refractivity contribution in [1.29, 1.82) is 0 Å². The largest absolute Gasteiger partial charge is 0.476 e. The highest BCUT2D eigenvalue weighted by molar-refractivity contribution is 5.84. The Morgan fingerprint density at radius 1 is 1.55 bits per heavy atom. The van der Waals surface area contributed by atoms with Gasteiger partial charge in [0.05, 0.1) is 12.3 Å². The first kappa shape index (κ1) is 15.0. The third-order valence-corrected chi connectivity index (χ3v) is 4.84. The van der Waals surface area contributed by atoms with Gasteiger partial charge in [0.25, 0.3) is 0 Å². The van der Waals surface area contributed by atoms with E-state index < -0.39 is 5.97 Å². The molecule has 2 atom stereocenters. The first-order valence-corrected chi connectivity index (χ1v) is 7.59. The number of nitrogens with zero attached hydrogens (tertiary/aromatic N) is 3. The number of carbonyl (C=O) groups is 2. The summed E-state index contributed by atoms with van der Waals surface area (Å²) < 4.78 is 6.99. The molecule has 0 aromatic carbocycles. The van der Waals surface area contributed by atoms with Gasteiger partial charge in [-0.15, -0.1) is 5.10 Å². The van der Waals surface area contributed by atoms with E-state index in [1.54, 1.807) is 0 Å². The van der Waals surface area contributed by atoms with Crippen LogP contribution in [-0.4, -0.2) is 50.7 Å². The van der Waals surface area contributed by atoms with Crippen LogP contribution < -0.4 is 5.32 Å². The number of hydrogen-bond donors (Lipinski definition) is 2. The molecule has 3 rings (SSSR count). The number of amides is 1. The van der Waals surface area contributed by atoms with E-state index in [0.717, 1.165) is 19.3 Å². The molecule has 1 aromatic heterocycles. The molecule has 1 heterocycles. The number of rotatable bonds is 6. The van der Waals surface area contributed by atoms with Crippen molar-refractivity contribution in [3.8, 4) is 0 Å². The summed E-state index contributed by atoms with van der Waals surface area (Å²) in [7, 11) is 0. The zero-order chi connectivity index (χ0) is 15.7. The molecule has 1 aromatic rings. The van der Waals surface area contributed by atoms with Gasteiger partial charge in [-0.05, 0) is 26.2 Å². The van der Waals surface area contributed by atoms with E-state index in [1.165, 1.54) is 17.3 Å². The maximum Gasteiger partial charge on any atom is 0.358 e. The molecule has 2 saturated carbocycles. The lowest BCUT2D eigenvalue weighted by atomic mass is 9.51. The molecular weight excluding hydrogens is 288 g/mol. The maximum absolute atomic E-state index is 12.1. The molecule has 22 heavy (non-hydrogen) atoms. The van der Waals surface area contributed by atoms with E-state index in [2.05, 4.69) is 15.6 Å². The van der Waals surface area contributed by atoms with Crippen molar-refractivity contribution in [3.63, 3.8) is 0 Å². The highest BCUT2D eigenvalue weighted by atomic mass is 16.5. The standard InChI is InChI=1S/C14H20N4O4/c1-2-22-11-6-10(14(11)4-3-5-14)15-12(19)8-18-7-9(13(20)21)16-17-18/h7,10-11H,2-6,8H2,1H3,(H,15,19)(H,20,21). The molecule has 1 spiro atoms. The van der Waals surface area contributed by atoms with Gasteiger partial charge < -0.3 is 15.2 Å². The molecule has 2 aliphatic rings. The quantitative estimate of drug-likeness (QED) is 0.790. The molecule has 0 bridgehead atoms. The summed E-state index contributed by atoms with van der Waals surface area (Å²) in [6, 6.07) is 0.146. The molecule has 8 heteroatoms. The first-order chi connectivity index (χ1) is 10.5. The second kappa shape index (κ2) is 5.68. The highest BCUT2D eigenvalue weighted by Crippen LogP contribution is 2.57. The number of carboxylic acid groups (broad SMARTS) is 1. The van der Waals surface area contributed by atoms with Gasteiger partial charge in [0.15, 0.2) is 5.69 Å². The Labute approximate surface area is 127 Å². The summed E-state index contributed by atoms with van der Waals surface area (Å²) in [5.74, 6) is -1.33. The van der Waals surface area contributed by atoms with Crippen LogP contribution in [0.2, 0.25) is 0 Å². The summed E-state index contributed by atoms with van der Waals surface area (Å²) in [4.78, 5) is 22.8. The van der Waals surface area contributed by atoms with Crippen LogP contribution in [0.15, 0.2) is 6.20 Å². The molecule has 2 unspecified atom stereocenters. The number of carbonyl (C=O) groups excluding carboxylic acids is 1. The number of hydrogen-bond acceptors (Lipinski definition) is 5. The van der Waals surface area contributed by atoms with Crippen molar-refractivity contribution in [2.45, 2.75) is 51.3 Å². The summed E-state index contributed by atoms with van der Waals surface area (Å²) in [5, 5.41) is 18.9. The van der Waals surface area contributed by atoms with Gasteiger partial charge in [-0.3, -0.25) is 4.79 Å². The third-order valence-electron chi connectivity index (χ3n) is 4.84. The Hall–Kier alpha value is -1.96. The number of ether oxygens (including phenoxy) is 1. The molecule has 1 amide bonds. The fraction of sp³-hybridized carbons (Fsp3) is 0.714. The molecule has 120 valence electrons. The molecule has 2 aliphatic carbocycles. The smallest absolute Gasteiger partial charge is 0.358 e. The van der Waals surface area contributed by atoms with Gasteiger partial charge >= 0.3 is 5.97 Å². The van der Waals surface area contributed by atoms with Crippen LogP contribution in [0, 0.1) is 5.41 Å². The number of carboxylic acids is 1. The van der Waals surface area contributed by atoms with Crippen molar-refractivity contribution in [1.82, 2.24) is 20.3 Å². The number of nitrogens with one attached hydrogen (secondary N) is 1. The average molecular weight is 308 g/mol. The van der Waals surface area contributed by atoms with Crippen molar-refractivity contribution in [2.24, 2.45) is 5.41 Å². The van der Waals surface area contributed by atoms with Crippen LogP contribution in [-0.2, 0) is 16.1 Å². The lowest BCUT2D eigenvalue weighted by Crippen LogP contribution is -2.67. The van der Waals surface area contributed by atoms with Crippen molar-refractivity contribution < 1.29 is 19.4 Å². The van der Waals surface area contributed by atoms with Crippen molar-refractivity contribution >= 4 is 11.9 Å². The SMILES string of the molecule is CCOC1CC(NC(=O)Cn2cc(C(=O)O)nn2)C12CCC2. The summed E-state index contributed by atoms with van der Waals surface area (Å²) in [6.07, 6.45) is 5.72. The summed E-state index contributed by atoms with van der Waals surface area (Å²) >= 11 is 0. The Morgan fingerprint density at radius 2 is 2.32 bits per heavy atom. The Bertz CT molecular complexity index is 581. The molecule has 2 N–H and O–H groups in total. The lowest BCUT2D eigenvalue weighted by molar-refractivity contribution is -0.176. The summed E-state index contributed by atoms with van der Waals surface area (Å²) in [5.41, 5.74) is -0.0522. The Balaban J connectivity index is 1.55.